The van der Waals surface area contributed by atoms with E-state index in [1.807, 2.05) is 0 Å². The highest BCUT2D eigenvalue weighted by molar-refractivity contribution is 6.13. The molecule has 5 amide bonds. The van der Waals surface area contributed by atoms with E-state index in [2.05, 4.69) is 22.9 Å². The summed E-state index contributed by atoms with van der Waals surface area (Å²) in [6.45, 7) is 4.64. The fourth-order valence-corrected chi connectivity index (χ4v) is 5.65. The Labute approximate surface area is 296 Å². The van der Waals surface area contributed by atoms with Crippen molar-refractivity contribution in [2.45, 2.75) is 148 Å². The predicted octanol–water partition coefficient (Wildman–Crippen LogP) is 5.90. The van der Waals surface area contributed by atoms with Crippen LogP contribution in [0.1, 0.15) is 148 Å². The highest BCUT2D eigenvalue weighted by Gasteiger charge is 2.23. The number of imide groups is 1. The molecular formula is C38H68N4O7. The molecule has 0 atom stereocenters. The molecule has 1 aliphatic rings. The molecule has 11 heteroatoms. The Balaban J connectivity index is 1.75. The highest BCUT2D eigenvalue weighted by Crippen LogP contribution is 2.15. The molecule has 0 radical (unpaired) electrons. The number of carbonyl (C=O) groups is 5. The summed E-state index contributed by atoms with van der Waals surface area (Å²) in [6.07, 6.45) is 28.6. The second kappa shape index (κ2) is 32.4. The van der Waals surface area contributed by atoms with Gasteiger partial charge >= 0.3 is 0 Å². The molecule has 0 aromatic rings. The van der Waals surface area contributed by atoms with E-state index >= 15 is 0 Å². The number of hydrogen-bond donors (Lipinski definition) is 3. The molecule has 1 rings (SSSR count). The lowest BCUT2D eigenvalue weighted by atomic mass is 10.0. The van der Waals surface area contributed by atoms with Gasteiger partial charge in [0.1, 0.15) is 0 Å². The van der Waals surface area contributed by atoms with E-state index in [1.165, 1.54) is 121 Å². The quantitative estimate of drug-likeness (QED) is 0.0555. The molecule has 11 nitrogen and oxygen atoms in total. The van der Waals surface area contributed by atoms with Gasteiger partial charge in [-0.2, -0.15) is 0 Å². The molecule has 0 aromatic carbocycles. The molecule has 1 heterocycles. The van der Waals surface area contributed by atoms with Crippen molar-refractivity contribution < 1.29 is 33.4 Å². The largest absolute Gasteiger partial charge is 0.379 e. The lowest BCUT2D eigenvalue weighted by Crippen LogP contribution is -2.35. The summed E-state index contributed by atoms with van der Waals surface area (Å²) in [5.41, 5.74) is 0. The van der Waals surface area contributed by atoms with Crippen molar-refractivity contribution in [2.24, 2.45) is 0 Å². The molecule has 0 aromatic heterocycles. The molecule has 282 valence electrons. The molecule has 0 saturated carbocycles. The van der Waals surface area contributed by atoms with E-state index in [1.54, 1.807) is 0 Å². The Morgan fingerprint density at radius 1 is 0.490 bits per heavy atom. The Bertz CT molecular complexity index is 910. The second-order valence-electron chi connectivity index (χ2n) is 13.1. The van der Waals surface area contributed by atoms with Crippen LogP contribution in [-0.4, -0.2) is 87.0 Å². The zero-order valence-corrected chi connectivity index (χ0v) is 30.7. The van der Waals surface area contributed by atoms with E-state index in [0.29, 0.717) is 32.7 Å². The molecule has 0 fully saturated rings. The summed E-state index contributed by atoms with van der Waals surface area (Å²) in [5, 5.41) is 8.29. The number of amides is 5. The van der Waals surface area contributed by atoms with Gasteiger partial charge in [0.2, 0.25) is 17.7 Å². The van der Waals surface area contributed by atoms with Gasteiger partial charge < -0.3 is 25.4 Å². The fraction of sp³-hybridized carbons (Fsp3) is 0.816. The van der Waals surface area contributed by atoms with E-state index < -0.39 is 11.8 Å². The Morgan fingerprint density at radius 2 is 0.837 bits per heavy atom. The average Bonchev–Trinajstić information content (AvgIpc) is 3.41. The van der Waals surface area contributed by atoms with E-state index in [-0.39, 0.29) is 56.9 Å². The van der Waals surface area contributed by atoms with Crippen LogP contribution in [0, 0.1) is 0 Å². The van der Waals surface area contributed by atoms with Crippen molar-refractivity contribution in [3.05, 3.63) is 12.2 Å². The monoisotopic (exact) mass is 693 g/mol. The second-order valence-corrected chi connectivity index (χ2v) is 13.1. The van der Waals surface area contributed by atoms with E-state index in [0.717, 1.165) is 17.7 Å². The number of rotatable bonds is 35. The third-order valence-corrected chi connectivity index (χ3v) is 8.65. The van der Waals surface area contributed by atoms with Crippen molar-refractivity contribution in [3.8, 4) is 0 Å². The van der Waals surface area contributed by atoms with Crippen LogP contribution >= 0.6 is 0 Å². The van der Waals surface area contributed by atoms with Crippen LogP contribution in [0.5, 0.6) is 0 Å². The minimum atomic E-state index is -0.411. The van der Waals surface area contributed by atoms with Crippen LogP contribution in [0.15, 0.2) is 12.2 Å². The zero-order valence-electron chi connectivity index (χ0n) is 30.7. The molecule has 0 aliphatic carbocycles. The van der Waals surface area contributed by atoms with Gasteiger partial charge in [-0.3, -0.25) is 28.9 Å². The maximum atomic E-state index is 12.0. The lowest BCUT2D eigenvalue weighted by Gasteiger charge is -2.13. The summed E-state index contributed by atoms with van der Waals surface area (Å²) >= 11 is 0. The first-order valence-electron chi connectivity index (χ1n) is 19.4. The maximum Gasteiger partial charge on any atom is 0.253 e. The Hall–Kier alpha value is -2.79. The van der Waals surface area contributed by atoms with Gasteiger partial charge in [-0.05, 0) is 6.42 Å². The summed E-state index contributed by atoms with van der Waals surface area (Å²) in [5.74, 6) is -1.20. The molecule has 0 spiro atoms. The number of unbranched alkanes of at least 4 members (excludes halogenated alkanes) is 18. The summed E-state index contributed by atoms with van der Waals surface area (Å²) < 4.78 is 10.8. The van der Waals surface area contributed by atoms with Crippen LogP contribution < -0.4 is 16.0 Å². The molecule has 0 unspecified atom stereocenters. The van der Waals surface area contributed by atoms with Crippen LogP contribution in [0.25, 0.3) is 0 Å². The number of hydrogen-bond acceptors (Lipinski definition) is 7. The smallest absolute Gasteiger partial charge is 0.253 e. The zero-order chi connectivity index (χ0) is 35.6. The van der Waals surface area contributed by atoms with Gasteiger partial charge in [-0.15, -0.1) is 0 Å². The van der Waals surface area contributed by atoms with Crippen molar-refractivity contribution in [3.63, 3.8) is 0 Å². The topological polar surface area (TPSA) is 143 Å². The number of nitrogens with zero attached hydrogens (tertiary/aromatic N) is 1. The van der Waals surface area contributed by atoms with Crippen molar-refractivity contribution in [2.75, 3.05) is 52.6 Å². The van der Waals surface area contributed by atoms with E-state index in [9.17, 15) is 24.0 Å². The van der Waals surface area contributed by atoms with Crippen LogP contribution in [0.4, 0.5) is 0 Å². The standard InChI is InChI=1S/C38H68N4O7/c1-2-3-4-5-6-7-8-9-10-11-12-13-14-15-16-17-18-19-20-21-34(43)39-27-32-49-33-28-41-36(45)25-30-48-31-26-40-35(44)24-29-42-37(46)22-23-38(42)47/h22-23H,2-21,24-33H2,1H3,(H,39,43)(H,40,44)(H,41,45). The third kappa shape index (κ3) is 27.7. The first-order valence-corrected chi connectivity index (χ1v) is 19.4. The van der Waals surface area contributed by atoms with Gasteiger partial charge in [-0.25, -0.2) is 0 Å². The van der Waals surface area contributed by atoms with Crippen molar-refractivity contribution in [1.29, 1.82) is 0 Å². The Morgan fingerprint density at radius 3 is 1.27 bits per heavy atom. The van der Waals surface area contributed by atoms with Gasteiger partial charge in [-0.1, -0.05) is 122 Å². The third-order valence-electron chi connectivity index (χ3n) is 8.65. The minimum Gasteiger partial charge on any atom is -0.379 e. The summed E-state index contributed by atoms with van der Waals surface area (Å²) in [6, 6.07) is 0. The fourth-order valence-electron chi connectivity index (χ4n) is 5.65. The first-order chi connectivity index (χ1) is 23.9. The Kier molecular flexibility index (Phi) is 29.3. The minimum absolute atomic E-state index is 0.0235. The number of ether oxygens (including phenoxy) is 2. The highest BCUT2D eigenvalue weighted by atomic mass is 16.5. The first kappa shape index (κ1) is 44.2. The number of carbonyl (C=O) groups excluding carboxylic acids is 5. The molecule has 0 saturated heterocycles. The van der Waals surface area contributed by atoms with Crippen molar-refractivity contribution >= 4 is 29.5 Å². The maximum absolute atomic E-state index is 12.0. The summed E-state index contributed by atoms with van der Waals surface area (Å²) in [7, 11) is 0. The van der Waals surface area contributed by atoms with Crippen LogP contribution in [-0.2, 0) is 33.4 Å². The van der Waals surface area contributed by atoms with Gasteiger partial charge in [0.25, 0.3) is 11.8 Å². The van der Waals surface area contributed by atoms with Crippen LogP contribution in [0.2, 0.25) is 0 Å². The molecule has 0 bridgehead atoms. The van der Waals surface area contributed by atoms with E-state index in [4.69, 9.17) is 9.47 Å². The van der Waals surface area contributed by atoms with Crippen molar-refractivity contribution in [1.82, 2.24) is 20.9 Å². The molecule has 3 N–H and O–H groups in total. The van der Waals surface area contributed by atoms with Crippen LogP contribution in [0.3, 0.4) is 0 Å². The lowest BCUT2D eigenvalue weighted by molar-refractivity contribution is -0.137. The predicted molar refractivity (Wildman–Crippen MR) is 194 cm³/mol. The normalized spacial score (nSPS) is 12.6. The summed E-state index contributed by atoms with van der Waals surface area (Å²) in [4.78, 5) is 59.7. The molecule has 49 heavy (non-hydrogen) atoms. The average molecular weight is 693 g/mol. The van der Waals surface area contributed by atoms with Gasteiger partial charge in [0, 0.05) is 57.6 Å². The SMILES string of the molecule is CCCCCCCCCCCCCCCCCCCCCC(=O)NCCOCCNC(=O)CCOCCNC(=O)CCN1C(=O)C=CC1=O. The van der Waals surface area contributed by atoms with Gasteiger partial charge in [0.15, 0.2) is 0 Å². The number of nitrogens with one attached hydrogen (secondary N) is 3. The molecule has 1 aliphatic heterocycles. The molecular weight excluding hydrogens is 624 g/mol. The van der Waals surface area contributed by atoms with Gasteiger partial charge in [0.05, 0.1) is 26.4 Å².